The lowest BCUT2D eigenvalue weighted by Crippen LogP contribution is -2.15. The zero-order valence-corrected chi connectivity index (χ0v) is 14.5. The van der Waals surface area contributed by atoms with Gasteiger partial charge in [-0.1, -0.05) is 6.07 Å². The molecule has 0 radical (unpaired) electrons. The summed E-state index contributed by atoms with van der Waals surface area (Å²) in [5.74, 6) is 2.13. The first kappa shape index (κ1) is 17.9. The molecule has 0 saturated carbocycles. The second kappa shape index (κ2) is 7.26. The first-order chi connectivity index (χ1) is 13.5. The number of hydrogen-bond acceptors (Lipinski definition) is 6. The van der Waals surface area contributed by atoms with Crippen molar-refractivity contribution in [3.63, 3.8) is 0 Å². The first-order valence-corrected chi connectivity index (χ1v) is 8.40. The average Bonchev–Trinajstić information content (AvgIpc) is 2.68. The zero-order chi connectivity index (χ0) is 19.6. The van der Waals surface area contributed by atoms with Gasteiger partial charge < -0.3 is 20.1 Å². The number of nitrogens with zero attached hydrogens (tertiary/aromatic N) is 2. The minimum Gasteiger partial charge on any atom is -0.486 e. The van der Waals surface area contributed by atoms with Crippen molar-refractivity contribution in [3.8, 4) is 11.5 Å². The van der Waals surface area contributed by atoms with Gasteiger partial charge in [-0.15, -0.1) is 0 Å². The average molecular weight is 388 g/mol. The van der Waals surface area contributed by atoms with E-state index in [9.17, 15) is 13.2 Å². The molecule has 0 saturated heterocycles. The quantitative estimate of drug-likeness (QED) is 0.672. The second-order valence-corrected chi connectivity index (χ2v) is 5.98. The molecule has 2 N–H and O–H groups in total. The Morgan fingerprint density at radius 1 is 0.786 bits per heavy atom. The second-order valence-electron chi connectivity index (χ2n) is 5.98. The largest absolute Gasteiger partial charge is 0.486 e. The third-order valence-electron chi connectivity index (χ3n) is 3.94. The SMILES string of the molecule is FC(F)(F)c1cccc(Nc2cc(Nc3ccc4c(c3)OCCO4)ncn2)c1. The Morgan fingerprint density at radius 2 is 1.46 bits per heavy atom. The molecular formula is C19H15F3N4O2. The summed E-state index contributed by atoms with van der Waals surface area (Å²) in [7, 11) is 0. The van der Waals surface area contributed by atoms with Gasteiger partial charge in [0.05, 0.1) is 5.56 Å². The van der Waals surface area contributed by atoms with Gasteiger partial charge in [0.15, 0.2) is 11.5 Å². The molecule has 4 rings (SSSR count). The highest BCUT2D eigenvalue weighted by atomic mass is 19.4. The lowest BCUT2D eigenvalue weighted by molar-refractivity contribution is -0.137. The molecule has 6 nitrogen and oxygen atoms in total. The number of aromatic nitrogens is 2. The zero-order valence-electron chi connectivity index (χ0n) is 14.5. The predicted molar refractivity (Wildman–Crippen MR) is 97.5 cm³/mol. The molecule has 0 unspecified atom stereocenters. The van der Waals surface area contributed by atoms with E-state index >= 15 is 0 Å². The minimum atomic E-state index is -4.41. The van der Waals surface area contributed by atoms with Crippen LogP contribution >= 0.6 is 0 Å². The van der Waals surface area contributed by atoms with Crippen LogP contribution < -0.4 is 20.1 Å². The molecule has 0 bridgehead atoms. The van der Waals surface area contributed by atoms with Crippen molar-refractivity contribution in [2.45, 2.75) is 6.18 Å². The number of benzene rings is 2. The molecule has 3 aromatic rings. The van der Waals surface area contributed by atoms with Gasteiger partial charge in [0.1, 0.15) is 31.2 Å². The summed E-state index contributed by atoms with van der Waals surface area (Å²) >= 11 is 0. The van der Waals surface area contributed by atoms with E-state index in [-0.39, 0.29) is 5.69 Å². The van der Waals surface area contributed by atoms with Crippen LogP contribution in [0.1, 0.15) is 5.56 Å². The van der Waals surface area contributed by atoms with E-state index in [4.69, 9.17) is 9.47 Å². The van der Waals surface area contributed by atoms with Crippen LogP contribution in [0.5, 0.6) is 11.5 Å². The van der Waals surface area contributed by atoms with E-state index in [0.29, 0.717) is 36.3 Å². The molecule has 28 heavy (non-hydrogen) atoms. The van der Waals surface area contributed by atoms with Crippen LogP contribution in [0.3, 0.4) is 0 Å². The number of rotatable bonds is 4. The van der Waals surface area contributed by atoms with Gasteiger partial charge in [-0.2, -0.15) is 13.2 Å². The number of halogens is 3. The molecule has 1 aliphatic rings. The summed E-state index contributed by atoms with van der Waals surface area (Å²) in [5.41, 5.74) is 0.271. The van der Waals surface area contributed by atoms with Crippen LogP contribution in [0.4, 0.5) is 36.2 Å². The summed E-state index contributed by atoms with van der Waals surface area (Å²) in [6.07, 6.45) is -3.09. The standard InChI is InChI=1S/C19H15F3N4O2/c20-19(21,22)12-2-1-3-13(8-12)25-17-10-18(24-11-23-17)26-14-4-5-15-16(9-14)28-7-6-27-15/h1-5,8-11H,6-7H2,(H2,23,24,25,26). The lowest BCUT2D eigenvalue weighted by atomic mass is 10.2. The van der Waals surface area contributed by atoms with E-state index in [2.05, 4.69) is 20.6 Å². The highest BCUT2D eigenvalue weighted by Gasteiger charge is 2.30. The summed E-state index contributed by atoms with van der Waals surface area (Å²) < 4.78 is 49.6. The van der Waals surface area contributed by atoms with E-state index in [1.54, 1.807) is 18.2 Å². The van der Waals surface area contributed by atoms with Crippen LogP contribution in [-0.4, -0.2) is 23.2 Å². The van der Waals surface area contributed by atoms with Gasteiger partial charge in [0.25, 0.3) is 0 Å². The van der Waals surface area contributed by atoms with Crippen molar-refractivity contribution in [1.82, 2.24) is 9.97 Å². The predicted octanol–water partition coefficient (Wildman–Crippen LogP) is 4.75. The van der Waals surface area contributed by atoms with Crippen LogP contribution in [0.25, 0.3) is 0 Å². The minimum absolute atomic E-state index is 0.277. The van der Waals surface area contributed by atoms with Gasteiger partial charge in [-0.3, -0.25) is 0 Å². The Balaban J connectivity index is 1.51. The Kier molecular flexibility index (Phi) is 4.64. The molecule has 9 heteroatoms. The number of ether oxygens (including phenoxy) is 2. The van der Waals surface area contributed by atoms with Gasteiger partial charge in [-0.25, -0.2) is 9.97 Å². The maximum absolute atomic E-state index is 12.9. The van der Waals surface area contributed by atoms with Gasteiger partial charge >= 0.3 is 6.18 Å². The maximum Gasteiger partial charge on any atom is 0.416 e. The first-order valence-electron chi connectivity index (χ1n) is 8.40. The highest BCUT2D eigenvalue weighted by molar-refractivity contribution is 5.65. The van der Waals surface area contributed by atoms with E-state index < -0.39 is 11.7 Å². The Labute approximate surface area is 158 Å². The highest BCUT2D eigenvalue weighted by Crippen LogP contribution is 2.34. The van der Waals surface area contributed by atoms with Crippen LogP contribution in [-0.2, 0) is 6.18 Å². The molecule has 1 aromatic heterocycles. The van der Waals surface area contributed by atoms with Gasteiger partial charge in [-0.05, 0) is 30.3 Å². The molecular weight excluding hydrogens is 373 g/mol. The van der Waals surface area contributed by atoms with Gasteiger partial charge in [0.2, 0.25) is 0 Å². The van der Waals surface area contributed by atoms with Crippen molar-refractivity contribution in [3.05, 3.63) is 60.4 Å². The molecule has 0 spiro atoms. The number of hydrogen-bond donors (Lipinski definition) is 2. The Morgan fingerprint density at radius 3 is 2.18 bits per heavy atom. The van der Waals surface area contributed by atoms with Crippen LogP contribution in [0, 0.1) is 0 Å². The van der Waals surface area contributed by atoms with E-state index in [1.807, 2.05) is 6.07 Å². The van der Waals surface area contributed by atoms with E-state index in [0.717, 1.165) is 17.8 Å². The molecule has 0 atom stereocenters. The molecule has 2 heterocycles. The molecule has 0 amide bonds. The molecule has 144 valence electrons. The van der Waals surface area contributed by atoms with Crippen LogP contribution in [0.15, 0.2) is 54.9 Å². The van der Waals surface area contributed by atoms with Crippen molar-refractivity contribution < 1.29 is 22.6 Å². The molecule has 2 aromatic carbocycles. The molecule has 0 aliphatic carbocycles. The fraction of sp³-hybridized carbons (Fsp3) is 0.158. The molecule has 1 aliphatic heterocycles. The monoisotopic (exact) mass is 388 g/mol. The number of nitrogens with one attached hydrogen (secondary N) is 2. The molecule has 0 fully saturated rings. The number of anilines is 4. The Hall–Kier alpha value is -3.49. The normalized spacial score (nSPS) is 13.1. The smallest absolute Gasteiger partial charge is 0.416 e. The van der Waals surface area contributed by atoms with Crippen molar-refractivity contribution in [2.24, 2.45) is 0 Å². The summed E-state index contributed by atoms with van der Waals surface area (Å²) in [4.78, 5) is 8.18. The fourth-order valence-corrected chi connectivity index (χ4v) is 2.68. The summed E-state index contributed by atoms with van der Waals surface area (Å²) in [5, 5.41) is 5.97. The van der Waals surface area contributed by atoms with Crippen LogP contribution in [0.2, 0.25) is 0 Å². The lowest BCUT2D eigenvalue weighted by Gasteiger charge is -2.19. The summed E-state index contributed by atoms with van der Waals surface area (Å²) in [6, 6.07) is 11.9. The topological polar surface area (TPSA) is 68.3 Å². The number of fused-ring (bicyclic) bond motifs is 1. The van der Waals surface area contributed by atoms with Crippen molar-refractivity contribution in [2.75, 3.05) is 23.8 Å². The third-order valence-corrected chi connectivity index (χ3v) is 3.94. The fourth-order valence-electron chi connectivity index (χ4n) is 2.68. The third kappa shape index (κ3) is 4.08. The van der Waals surface area contributed by atoms with E-state index in [1.165, 1.54) is 18.5 Å². The van der Waals surface area contributed by atoms with Gasteiger partial charge in [0, 0.05) is 23.5 Å². The number of alkyl halides is 3. The van der Waals surface area contributed by atoms with Crippen molar-refractivity contribution in [1.29, 1.82) is 0 Å². The van der Waals surface area contributed by atoms with Crippen molar-refractivity contribution >= 4 is 23.0 Å². The summed E-state index contributed by atoms with van der Waals surface area (Å²) in [6.45, 7) is 0.991. The maximum atomic E-state index is 12.9. The Bertz CT molecular complexity index is 995.